The van der Waals surface area contributed by atoms with Gasteiger partial charge in [0.2, 0.25) is 5.91 Å². The second-order valence-electron chi connectivity index (χ2n) is 6.69. The molecule has 7 heteroatoms. The molecular formula is C19H22N4O3. The summed E-state index contributed by atoms with van der Waals surface area (Å²) in [6.07, 6.45) is 5.56. The molecule has 26 heavy (non-hydrogen) atoms. The zero-order valence-corrected chi connectivity index (χ0v) is 14.6. The lowest BCUT2D eigenvalue weighted by Crippen LogP contribution is -2.35. The normalized spacial score (nSPS) is 16.8. The fourth-order valence-corrected chi connectivity index (χ4v) is 3.48. The Kier molecular flexibility index (Phi) is 4.60. The van der Waals surface area contributed by atoms with Crippen LogP contribution < -0.4 is 4.74 Å². The van der Waals surface area contributed by atoms with E-state index in [1.54, 1.807) is 28.0 Å². The largest absolute Gasteiger partial charge is 0.491 e. The lowest BCUT2D eigenvalue weighted by atomic mass is 10.1. The van der Waals surface area contributed by atoms with E-state index in [1.807, 2.05) is 23.1 Å². The molecule has 3 heterocycles. The SMILES string of the molecule is O=C(Cn1cccn1)N1CCOc2ccc(C(=O)N3CCCC3)cc2C1. The van der Waals surface area contributed by atoms with E-state index in [9.17, 15) is 9.59 Å². The zero-order valence-electron chi connectivity index (χ0n) is 14.6. The molecule has 0 bridgehead atoms. The summed E-state index contributed by atoms with van der Waals surface area (Å²) in [5.74, 6) is 0.794. The van der Waals surface area contributed by atoms with Crippen LogP contribution in [0.4, 0.5) is 0 Å². The van der Waals surface area contributed by atoms with Gasteiger partial charge in [-0.2, -0.15) is 5.10 Å². The minimum Gasteiger partial charge on any atom is -0.491 e. The van der Waals surface area contributed by atoms with Gasteiger partial charge in [-0.3, -0.25) is 14.3 Å². The van der Waals surface area contributed by atoms with E-state index < -0.39 is 0 Å². The molecule has 1 aromatic carbocycles. The molecule has 0 unspecified atom stereocenters. The van der Waals surface area contributed by atoms with Gasteiger partial charge >= 0.3 is 0 Å². The molecular weight excluding hydrogens is 332 g/mol. The van der Waals surface area contributed by atoms with E-state index in [2.05, 4.69) is 5.10 Å². The summed E-state index contributed by atoms with van der Waals surface area (Å²) in [5.41, 5.74) is 1.54. The molecule has 4 rings (SSSR count). The summed E-state index contributed by atoms with van der Waals surface area (Å²) in [4.78, 5) is 28.9. The molecule has 2 aliphatic rings. The van der Waals surface area contributed by atoms with Gasteiger partial charge < -0.3 is 14.5 Å². The van der Waals surface area contributed by atoms with Crippen molar-refractivity contribution in [2.45, 2.75) is 25.9 Å². The molecule has 0 aliphatic carbocycles. The number of carbonyl (C=O) groups is 2. The van der Waals surface area contributed by atoms with Crippen molar-refractivity contribution in [2.75, 3.05) is 26.2 Å². The van der Waals surface area contributed by atoms with E-state index >= 15 is 0 Å². The summed E-state index contributed by atoms with van der Waals surface area (Å²) in [6, 6.07) is 7.33. The maximum absolute atomic E-state index is 12.6. The van der Waals surface area contributed by atoms with Crippen LogP contribution in [0.1, 0.15) is 28.8 Å². The molecule has 0 saturated carbocycles. The molecule has 0 spiro atoms. The average Bonchev–Trinajstić information content (AvgIpc) is 3.31. The van der Waals surface area contributed by atoms with E-state index in [4.69, 9.17) is 4.74 Å². The van der Waals surface area contributed by atoms with E-state index in [-0.39, 0.29) is 18.4 Å². The van der Waals surface area contributed by atoms with Gasteiger partial charge in [-0.05, 0) is 37.1 Å². The lowest BCUT2D eigenvalue weighted by molar-refractivity contribution is -0.132. The maximum atomic E-state index is 12.6. The minimum atomic E-state index is -0.0126. The number of hydrogen-bond acceptors (Lipinski definition) is 4. The van der Waals surface area contributed by atoms with Crippen LogP contribution in [-0.4, -0.2) is 57.6 Å². The average molecular weight is 354 g/mol. The standard InChI is InChI=1S/C19H22N4O3/c24-18(14-23-9-3-6-20-23)22-10-11-26-17-5-4-15(12-16(17)13-22)19(25)21-7-1-2-8-21/h3-6,9,12H,1-2,7-8,10-11,13-14H2. The smallest absolute Gasteiger partial charge is 0.253 e. The number of fused-ring (bicyclic) bond motifs is 1. The molecule has 2 aromatic rings. The van der Waals surface area contributed by atoms with Crippen LogP contribution >= 0.6 is 0 Å². The van der Waals surface area contributed by atoms with Crippen molar-refractivity contribution in [2.24, 2.45) is 0 Å². The van der Waals surface area contributed by atoms with Crippen LogP contribution in [0.25, 0.3) is 0 Å². The number of likely N-dealkylation sites (tertiary alicyclic amines) is 1. The minimum absolute atomic E-state index is 0.0126. The Hall–Kier alpha value is -2.83. The lowest BCUT2D eigenvalue weighted by Gasteiger charge is -2.20. The summed E-state index contributed by atoms with van der Waals surface area (Å²) < 4.78 is 7.40. The van der Waals surface area contributed by atoms with Gasteiger partial charge in [0.05, 0.1) is 6.54 Å². The third-order valence-electron chi connectivity index (χ3n) is 4.89. The Morgan fingerprint density at radius 2 is 1.96 bits per heavy atom. The first kappa shape index (κ1) is 16.6. The molecule has 1 aromatic heterocycles. The van der Waals surface area contributed by atoms with Crippen LogP contribution in [0.3, 0.4) is 0 Å². The Bertz CT molecular complexity index is 797. The second-order valence-corrected chi connectivity index (χ2v) is 6.69. The van der Waals surface area contributed by atoms with E-state index in [0.717, 1.165) is 37.2 Å². The van der Waals surface area contributed by atoms with Crippen molar-refractivity contribution >= 4 is 11.8 Å². The number of carbonyl (C=O) groups excluding carboxylic acids is 2. The van der Waals surface area contributed by atoms with Gasteiger partial charge in [0.1, 0.15) is 18.9 Å². The second kappa shape index (κ2) is 7.19. The fourth-order valence-electron chi connectivity index (χ4n) is 3.48. The van der Waals surface area contributed by atoms with Crippen LogP contribution in [0, 0.1) is 0 Å². The number of benzene rings is 1. The highest BCUT2D eigenvalue weighted by atomic mass is 16.5. The third kappa shape index (κ3) is 3.42. The number of rotatable bonds is 3. The van der Waals surface area contributed by atoms with Crippen molar-refractivity contribution in [3.05, 3.63) is 47.8 Å². The number of aromatic nitrogens is 2. The van der Waals surface area contributed by atoms with Crippen LogP contribution in [0.5, 0.6) is 5.75 Å². The number of hydrogen-bond donors (Lipinski definition) is 0. The highest BCUT2D eigenvalue weighted by molar-refractivity contribution is 5.94. The molecule has 0 atom stereocenters. The van der Waals surface area contributed by atoms with Crippen molar-refractivity contribution < 1.29 is 14.3 Å². The van der Waals surface area contributed by atoms with Gasteiger partial charge in [0.25, 0.3) is 5.91 Å². The van der Waals surface area contributed by atoms with Gasteiger partial charge in [0.15, 0.2) is 0 Å². The van der Waals surface area contributed by atoms with E-state index in [1.165, 1.54) is 0 Å². The van der Waals surface area contributed by atoms with Crippen LogP contribution in [0.2, 0.25) is 0 Å². The highest BCUT2D eigenvalue weighted by Crippen LogP contribution is 2.26. The predicted octanol–water partition coefficient (Wildman–Crippen LogP) is 1.54. The Morgan fingerprint density at radius 3 is 2.73 bits per heavy atom. The van der Waals surface area contributed by atoms with Gasteiger partial charge in [0, 0.05) is 43.2 Å². The van der Waals surface area contributed by atoms with Gasteiger partial charge in [-0.1, -0.05) is 0 Å². The van der Waals surface area contributed by atoms with Crippen LogP contribution in [-0.2, 0) is 17.9 Å². The van der Waals surface area contributed by atoms with Crippen LogP contribution in [0.15, 0.2) is 36.7 Å². The highest BCUT2D eigenvalue weighted by Gasteiger charge is 2.24. The molecule has 1 fully saturated rings. The number of nitrogens with zero attached hydrogens (tertiary/aromatic N) is 4. The fraction of sp³-hybridized carbons (Fsp3) is 0.421. The monoisotopic (exact) mass is 354 g/mol. The van der Waals surface area contributed by atoms with Crippen molar-refractivity contribution in [3.63, 3.8) is 0 Å². The Balaban J connectivity index is 1.51. The molecule has 136 valence electrons. The number of ether oxygens (including phenoxy) is 1. The van der Waals surface area contributed by atoms with Crippen molar-refractivity contribution in [1.82, 2.24) is 19.6 Å². The van der Waals surface area contributed by atoms with Crippen molar-refractivity contribution in [3.8, 4) is 5.75 Å². The number of amides is 2. The summed E-state index contributed by atoms with van der Waals surface area (Å²) >= 11 is 0. The molecule has 0 radical (unpaired) electrons. The summed E-state index contributed by atoms with van der Waals surface area (Å²) in [7, 11) is 0. The first-order valence-electron chi connectivity index (χ1n) is 9.01. The summed E-state index contributed by atoms with van der Waals surface area (Å²) in [5, 5.41) is 4.09. The predicted molar refractivity (Wildman–Crippen MR) is 94.7 cm³/mol. The first-order chi connectivity index (χ1) is 12.7. The quantitative estimate of drug-likeness (QED) is 0.839. The van der Waals surface area contributed by atoms with E-state index in [0.29, 0.717) is 25.3 Å². The summed E-state index contributed by atoms with van der Waals surface area (Å²) in [6.45, 7) is 3.24. The molecule has 1 saturated heterocycles. The van der Waals surface area contributed by atoms with Gasteiger partial charge in [-0.15, -0.1) is 0 Å². The zero-order chi connectivity index (χ0) is 17.9. The maximum Gasteiger partial charge on any atom is 0.253 e. The Labute approximate surface area is 152 Å². The molecule has 7 nitrogen and oxygen atoms in total. The van der Waals surface area contributed by atoms with Gasteiger partial charge in [-0.25, -0.2) is 0 Å². The molecule has 2 amide bonds. The Morgan fingerprint density at radius 1 is 1.12 bits per heavy atom. The molecule has 0 N–H and O–H groups in total. The third-order valence-corrected chi connectivity index (χ3v) is 4.89. The first-order valence-corrected chi connectivity index (χ1v) is 9.01. The topological polar surface area (TPSA) is 67.7 Å². The molecule has 2 aliphatic heterocycles. The van der Waals surface area contributed by atoms with Crippen molar-refractivity contribution in [1.29, 1.82) is 0 Å².